The lowest BCUT2D eigenvalue weighted by Gasteiger charge is -2.20. The van der Waals surface area contributed by atoms with Gasteiger partial charge in [0.15, 0.2) is 0 Å². The van der Waals surface area contributed by atoms with Crippen LogP contribution in [-0.2, 0) is 11.2 Å². The summed E-state index contributed by atoms with van der Waals surface area (Å²) in [5.74, 6) is 0. The number of aryl methyl sites for hydroxylation is 1. The van der Waals surface area contributed by atoms with Gasteiger partial charge < -0.3 is 4.74 Å². The van der Waals surface area contributed by atoms with Gasteiger partial charge >= 0.3 is 0 Å². The minimum atomic E-state index is -0.165. The SMILES string of the molecule is C=CC1=CCC(c2cccc(CC)c2)=NC=C1COC(C)(C)C. The lowest BCUT2D eigenvalue weighted by atomic mass is 10.0. The van der Waals surface area contributed by atoms with Gasteiger partial charge in [0, 0.05) is 18.2 Å². The summed E-state index contributed by atoms with van der Waals surface area (Å²) in [5.41, 5.74) is 5.64. The maximum atomic E-state index is 5.91. The molecule has 23 heavy (non-hydrogen) atoms. The van der Waals surface area contributed by atoms with Crippen molar-refractivity contribution >= 4 is 5.71 Å². The van der Waals surface area contributed by atoms with Crippen LogP contribution in [0.25, 0.3) is 0 Å². The van der Waals surface area contributed by atoms with E-state index in [4.69, 9.17) is 9.73 Å². The largest absolute Gasteiger partial charge is 0.371 e. The number of rotatable bonds is 5. The Labute approximate surface area is 140 Å². The molecule has 0 atom stereocenters. The minimum Gasteiger partial charge on any atom is -0.371 e. The fourth-order valence-electron chi connectivity index (χ4n) is 2.41. The third-order valence-corrected chi connectivity index (χ3v) is 3.81. The summed E-state index contributed by atoms with van der Waals surface area (Å²) >= 11 is 0. The third-order valence-electron chi connectivity index (χ3n) is 3.81. The molecule has 0 aromatic heterocycles. The van der Waals surface area contributed by atoms with Crippen molar-refractivity contribution in [2.75, 3.05) is 6.61 Å². The van der Waals surface area contributed by atoms with E-state index in [2.05, 4.69) is 64.6 Å². The second kappa shape index (κ2) is 7.56. The van der Waals surface area contributed by atoms with Crippen LogP contribution in [0, 0.1) is 0 Å². The summed E-state index contributed by atoms with van der Waals surface area (Å²) in [6.07, 6.45) is 7.85. The molecule has 2 rings (SSSR count). The van der Waals surface area contributed by atoms with Crippen molar-refractivity contribution in [1.29, 1.82) is 0 Å². The van der Waals surface area contributed by atoms with E-state index in [1.807, 2.05) is 12.3 Å². The van der Waals surface area contributed by atoms with Crippen molar-refractivity contribution in [3.05, 3.63) is 71.5 Å². The molecule has 1 heterocycles. The van der Waals surface area contributed by atoms with Gasteiger partial charge in [-0.05, 0) is 50.0 Å². The maximum Gasteiger partial charge on any atom is 0.0744 e. The predicted molar refractivity (Wildman–Crippen MR) is 99.0 cm³/mol. The van der Waals surface area contributed by atoms with E-state index in [1.54, 1.807) is 0 Å². The van der Waals surface area contributed by atoms with Crippen LogP contribution >= 0.6 is 0 Å². The van der Waals surface area contributed by atoms with E-state index >= 15 is 0 Å². The monoisotopic (exact) mass is 309 g/mol. The van der Waals surface area contributed by atoms with Crippen LogP contribution < -0.4 is 0 Å². The summed E-state index contributed by atoms with van der Waals surface area (Å²) in [6, 6.07) is 8.62. The van der Waals surface area contributed by atoms with E-state index in [0.29, 0.717) is 6.61 Å². The molecule has 1 aliphatic heterocycles. The molecule has 1 aromatic carbocycles. The zero-order valence-corrected chi connectivity index (χ0v) is 14.7. The van der Waals surface area contributed by atoms with Crippen molar-refractivity contribution < 1.29 is 4.74 Å². The smallest absolute Gasteiger partial charge is 0.0744 e. The van der Waals surface area contributed by atoms with Crippen LogP contribution in [0.15, 0.2) is 65.3 Å². The molecule has 0 bridgehead atoms. The first kappa shape index (κ1) is 17.4. The van der Waals surface area contributed by atoms with Crippen molar-refractivity contribution in [2.45, 2.75) is 46.1 Å². The number of ether oxygens (including phenoxy) is 1. The number of benzene rings is 1. The molecule has 0 fully saturated rings. The van der Waals surface area contributed by atoms with Crippen molar-refractivity contribution in [3.8, 4) is 0 Å². The van der Waals surface area contributed by atoms with Crippen LogP contribution in [0.1, 0.15) is 45.2 Å². The Morgan fingerprint density at radius 2 is 2.09 bits per heavy atom. The van der Waals surface area contributed by atoms with Gasteiger partial charge in [0.05, 0.1) is 17.9 Å². The van der Waals surface area contributed by atoms with E-state index in [-0.39, 0.29) is 5.60 Å². The molecular weight excluding hydrogens is 282 g/mol. The zero-order chi connectivity index (χ0) is 16.9. The predicted octanol–water partition coefficient (Wildman–Crippen LogP) is 5.25. The van der Waals surface area contributed by atoms with E-state index in [0.717, 1.165) is 29.7 Å². The summed E-state index contributed by atoms with van der Waals surface area (Å²) in [5, 5.41) is 0. The van der Waals surface area contributed by atoms with Gasteiger partial charge in [0.1, 0.15) is 0 Å². The Hall–Kier alpha value is -1.93. The molecule has 0 saturated heterocycles. The minimum absolute atomic E-state index is 0.165. The Morgan fingerprint density at radius 1 is 1.30 bits per heavy atom. The first-order valence-electron chi connectivity index (χ1n) is 8.25. The van der Waals surface area contributed by atoms with Crippen LogP contribution in [0.4, 0.5) is 0 Å². The molecule has 0 N–H and O–H groups in total. The number of nitrogens with zero attached hydrogens (tertiary/aromatic N) is 1. The molecule has 0 saturated carbocycles. The Kier molecular flexibility index (Phi) is 5.73. The average molecular weight is 309 g/mol. The highest BCUT2D eigenvalue weighted by Gasteiger charge is 2.14. The van der Waals surface area contributed by atoms with Crippen LogP contribution in [-0.4, -0.2) is 17.9 Å². The fraction of sp³-hybridized carbons (Fsp3) is 0.381. The van der Waals surface area contributed by atoms with Crippen LogP contribution in [0.5, 0.6) is 0 Å². The van der Waals surface area contributed by atoms with E-state index < -0.39 is 0 Å². The standard InChI is InChI=1S/C21H27NO/c1-6-16-9-8-10-18(13-16)20-12-11-17(7-2)19(14-22-20)15-23-21(3,4)5/h7-11,13-14H,2,6,12,15H2,1,3-5H3. The quantitative estimate of drug-likeness (QED) is 0.727. The number of hydrogen-bond acceptors (Lipinski definition) is 2. The molecule has 0 unspecified atom stereocenters. The zero-order valence-electron chi connectivity index (χ0n) is 14.7. The lowest BCUT2D eigenvalue weighted by Crippen LogP contribution is -2.20. The molecular formula is C21H27NO. The molecule has 0 amide bonds. The van der Waals surface area contributed by atoms with Gasteiger partial charge in [-0.3, -0.25) is 4.99 Å². The fourth-order valence-corrected chi connectivity index (χ4v) is 2.41. The van der Waals surface area contributed by atoms with Gasteiger partial charge in [-0.1, -0.05) is 43.9 Å². The molecule has 0 aliphatic carbocycles. The Balaban J connectivity index is 2.27. The Bertz CT molecular complexity index is 657. The number of hydrogen-bond donors (Lipinski definition) is 0. The molecule has 0 radical (unpaired) electrons. The van der Waals surface area contributed by atoms with Crippen molar-refractivity contribution in [1.82, 2.24) is 0 Å². The van der Waals surface area contributed by atoms with Gasteiger partial charge in [0.25, 0.3) is 0 Å². The van der Waals surface area contributed by atoms with Crippen molar-refractivity contribution in [2.24, 2.45) is 4.99 Å². The van der Waals surface area contributed by atoms with Gasteiger partial charge in [0.2, 0.25) is 0 Å². The lowest BCUT2D eigenvalue weighted by molar-refractivity contribution is 0.0119. The summed E-state index contributed by atoms with van der Waals surface area (Å²) in [6.45, 7) is 12.8. The second-order valence-electron chi connectivity index (χ2n) is 6.75. The molecule has 1 aliphatic rings. The molecule has 1 aromatic rings. The third kappa shape index (κ3) is 5.04. The molecule has 0 spiro atoms. The average Bonchev–Trinajstić information content (AvgIpc) is 2.74. The number of aliphatic imine (C=N–C) groups is 1. The number of allylic oxidation sites excluding steroid dienone is 2. The molecule has 122 valence electrons. The highest BCUT2D eigenvalue weighted by molar-refractivity contribution is 6.02. The van der Waals surface area contributed by atoms with Crippen LogP contribution in [0.3, 0.4) is 0 Å². The molecule has 2 nitrogen and oxygen atoms in total. The summed E-state index contributed by atoms with van der Waals surface area (Å²) in [7, 11) is 0. The topological polar surface area (TPSA) is 21.6 Å². The second-order valence-corrected chi connectivity index (χ2v) is 6.75. The van der Waals surface area contributed by atoms with Crippen molar-refractivity contribution in [3.63, 3.8) is 0 Å². The molecule has 2 heteroatoms. The van der Waals surface area contributed by atoms with E-state index in [9.17, 15) is 0 Å². The maximum absolute atomic E-state index is 5.91. The van der Waals surface area contributed by atoms with Crippen LogP contribution in [0.2, 0.25) is 0 Å². The van der Waals surface area contributed by atoms with Gasteiger partial charge in [-0.2, -0.15) is 0 Å². The summed E-state index contributed by atoms with van der Waals surface area (Å²) < 4.78 is 5.91. The Morgan fingerprint density at radius 3 is 2.74 bits per heavy atom. The van der Waals surface area contributed by atoms with Gasteiger partial charge in [-0.15, -0.1) is 0 Å². The van der Waals surface area contributed by atoms with E-state index in [1.165, 1.54) is 11.1 Å². The normalized spacial score (nSPS) is 15.4. The highest BCUT2D eigenvalue weighted by atomic mass is 16.5. The highest BCUT2D eigenvalue weighted by Crippen LogP contribution is 2.21. The van der Waals surface area contributed by atoms with Gasteiger partial charge in [-0.25, -0.2) is 0 Å². The first-order valence-corrected chi connectivity index (χ1v) is 8.25. The summed E-state index contributed by atoms with van der Waals surface area (Å²) in [4.78, 5) is 4.72. The first-order chi connectivity index (χ1) is 10.9.